The van der Waals surface area contributed by atoms with Crippen LogP contribution in [0.25, 0.3) is 11.1 Å². The van der Waals surface area contributed by atoms with Crippen LogP contribution in [-0.4, -0.2) is 4.98 Å². The molecule has 94 valence electrons. The summed E-state index contributed by atoms with van der Waals surface area (Å²) in [5.41, 5.74) is 6.81. The molecule has 5 heteroatoms. The van der Waals surface area contributed by atoms with Crippen LogP contribution >= 0.6 is 0 Å². The fourth-order valence-electron chi connectivity index (χ4n) is 1.75. The highest BCUT2D eigenvalue weighted by Gasteiger charge is 2.30. The minimum Gasteiger partial charge on any atom is -0.326 e. The minimum atomic E-state index is -4.35. The number of aromatic nitrogens is 1. The summed E-state index contributed by atoms with van der Waals surface area (Å²) in [5, 5.41) is 0. The van der Waals surface area contributed by atoms with Gasteiger partial charge in [0, 0.05) is 18.9 Å². The number of halogens is 3. The Kier molecular flexibility index (Phi) is 3.34. The monoisotopic (exact) mass is 252 g/mol. The Morgan fingerprint density at radius 2 is 1.72 bits per heavy atom. The summed E-state index contributed by atoms with van der Waals surface area (Å²) in [6.07, 6.45) is -1.17. The zero-order valence-electron chi connectivity index (χ0n) is 9.41. The van der Waals surface area contributed by atoms with E-state index < -0.39 is 11.7 Å². The molecule has 1 aromatic carbocycles. The van der Waals surface area contributed by atoms with Gasteiger partial charge in [0.15, 0.2) is 0 Å². The quantitative estimate of drug-likeness (QED) is 0.891. The highest BCUT2D eigenvalue weighted by Crippen LogP contribution is 2.33. The van der Waals surface area contributed by atoms with Crippen molar-refractivity contribution < 1.29 is 13.2 Å². The van der Waals surface area contributed by atoms with E-state index in [2.05, 4.69) is 4.98 Å². The maximum absolute atomic E-state index is 12.6. The molecule has 0 unspecified atom stereocenters. The molecule has 0 atom stereocenters. The summed E-state index contributed by atoms with van der Waals surface area (Å²) in [6, 6.07) is 7.08. The molecule has 0 saturated carbocycles. The van der Waals surface area contributed by atoms with E-state index in [1.807, 2.05) is 0 Å². The Hall–Kier alpha value is -1.88. The van der Waals surface area contributed by atoms with Gasteiger partial charge < -0.3 is 5.73 Å². The third-order valence-electron chi connectivity index (χ3n) is 2.64. The first-order chi connectivity index (χ1) is 8.52. The van der Waals surface area contributed by atoms with Gasteiger partial charge in [0.2, 0.25) is 0 Å². The Balaban J connectivity index is 2.51. The number of hydrogen-bond donors (Lipinski definition) is 1. The fourth-order valence-corrected chi connectivity index (χ4v) is 1.75. The largest absolute Gasteiger partial charge is 0.416 e. The van der Waals surface area contributed by atoms with Crippen molar-refractivity contribution in [3.05, 3.63) is 53.9 Å². The lowest BCUT2D eigenvalue weighted by Gasteiger charge is -2.12. The molecule has 2 N–H and O–H groups in total. The molecule has 1 aromatic heterocycles. The smallest absolute Gasteiger partial charge is 0.326 e. The van der Waals surface area contributed by atoms with Gasteiger partial charge in [-0.25, -0.2) is 0 Å². The summed E-state index contributed by atoms with van der Waals surface area (Å²) < 4.78 is 37.8. The van der Waals surface area contributed by atoms with E-state index in [0.29, 0.717) is 11.1 Å². The average Bonchev–Trinajstić information content (AvgIpc) is 2.38. The van der Waals surface area contributed by atoms with Crippen LogP contribution in [0, 0.1) is 0 Å². The number of hydrogen-bond acceptors (Lipinski definition) is 2. The van der Waals surface area contributed by atoms with E-state index >= 15 is 0 Å². The lowest BCUT2D eigenvalue weighted by atomic mass is 9.98. The van der Waals surface area contributed by atoms with E-state index in [0.717, 1.165) is 17.7 Å². The van der Waals surface area contributed by atoms with Crippen molar-refractivity contribution in [3.8, 4) is 11.1 Å². The van der Waals surface area contributed by atoms with Crippen molar-refractivity contribution in [3.63, 3.8) is 0 Å². The maximum atomic E-state index is 12.6. The average molecular weight is 252 g/mol. The predicted octanol–water partition coefficient (Wildman–Crippen LogP) is 3.23. The molecule has 0 saturated heterocycles. The molecule has 2 aromatic rings. The van der Waals surface area contributed by atoms with E-state index in [1.54, 1.807) is 24.5 Å². The van der Waals surface area contributed by atoms with Gasteiger partial charge in [0.25, 0.3) is 0 Å². The molecule has 0 aliphatic rings. The van der Waals surface area contributed by atoms with Crippen LogP contribution < -0.4 is 5.73 Å². The Morgan fingerprint density at radius 3 is 2.28 bits per heavy atom. The molecule has 2 rings (SSSR count). The molecule has 0 spiro atoms. The molecule has 18 heavy (non-hydrogen) atoms. The topological polar surface area (TPSA) is 38.9 Å². The number of rotatable bonds is 2. The first kappa shape index (κ1) is 12.6. The first-order valence-electron chi connectivity index (χ1n) is 5.33. The zero-order valence-corrected chi connectivity index (χ0v) is 9.41. The SMILES string of the molecule is NCc1cc(C(F)(F)F)ccc1-c1ccncc1. The van der Waals surface area contributed by atoms with Crippen molar-refractivity contribution >= 4 is 0 Å². The summed E-state index contributed by atoms with van der Waals surface area (Å²) in [7, 11) is 0. The third-order valence-corrected chi connectivity index (χ3v) is 2.64. The molecule has 0 amide bonds. The predicted molar refractivity (Wildman–Crippen MR) is 62.6 cm³/mol. The van der Waals surface area contributed by atoms with Gasteiger partial charge in [-0.15, -0.1) is 0 Å². The lowest BCUT2D eigenvalue weighted by molar-refractivity contribution is -0.137. The van der Waals surface area contributed by atoms with Gasteiger partial charge in [-0.1, -0.05) is 6.07 Å². The second-order valence-corrected chi connectivity index (χ2v) is 3.81. The van der Waals surface area contributed by atoms with Crippen LogP contribution in [0.4, 0.5) is 13.2 Å². The van der Waals surface area contributed by atoms with Gasteiger partial charge in [0.05, 0.1) is 5.56 Å². The van der Waals surface area contributed by atoms with Gasteiger partial charge in [0.1, 0.15) is 0 Å². The van der Waals surface area contributed by atoms with Crippen molar-refractivity contribution in [1.29, 1.82) is 0 Å². The highest BCUT2D eigenvalue weighted by atomic mass is 19.4. The van der Waals surface area contributed by atoms with Crippen LogP contribution in [0.2, 0.25) is 0 Å². The number of benzene rings is 1. The summed E-state index contributed by atoms with van der Waals surface area (Å²) in [4.78, 5) is 3.87. The molecule has 0 aliphatic carbocycles. The number of pyridine rings is 1. The Bertz CT molecular complexity index is 536. The van der Waals surface area contributed by atoms with Crippen LogP contribution in [-0.2, 0) is 12.7 Å². The molecule has 1 heterocycles. The zero-order chi connectivity index (χ0) is 13.2. The van der Waals surface area contributed by atoms with E-state index in [4.69, 9.17) is 5.73 Å². The van der Waals surface area contributed by atoms with Gasteiger partial charge in [-0.2, -0.15) is 13.2 Å². The van der Waals surface area contributed by atoms with E-state index in [-0.39, 0.29) is 6.54 Å². The van der Waals surface area contributed by atoms with Crippen molar-refractivity contribution in [2.45, 2.75) is 12.7 Å². The van der Waals surface area contributed by atoms with Crippen molar-refractivity contribution in [2.24, 2.45) is 5.73 Å². The van der Waals surface area contributed by atoms with Crippen LogP contribution in [0.5, 0.6) is 0 Å². The third kappa shape index (κ3) is 2.51. The van der Waals surface area contributed by atoms with Crippen molar-refractivity contribution in [1.82, 2.24) is 4.98 Å². The molecule has 0 fully saturated rings. The van der Waals surface area contributed by atoms with Gasteiger partial charge in [-0.05, 0) is 41.0 Å². The normalized spacial score (nSPS) is 11.6. The lowest BCUT2D eigenvalue weighted by Crippen LogP contribution is -2.08. The summed E-state index contributed by atoms with van der Waals surface area (Å²) in [6.45, 7) is 0.0571. The Morgan fingerprint density at radius 1 is 1.06 bits per heavy atom. The summed E-state index contributed by atoms with van der Waals surface area (Å²) in [5.74, 6) is 0. The molecular weight excluding hydrogens is 241 g/mol. The van der Waals surface area contributed by atoms with Crippen molar-refractivity contribution in [2.75, 3.05) is 0 Å². The van der Waals surface area contributed by atoms with Gasteiger partial charge >= 0.3 is 6.18 Å². The standard InChI is InChI=1S/C13H11F3N2/c14-13(15,16)11-1-2-12(10(7-11)8-17)9-3-5-18-6-4-9/h1-7H,8,17H2. The van der Waals surface area contributed by atoms with E-state index in [1.165, 1.54) is 6.07 Å². The van der Waals surface area contributed by atoms with Crippen LogP contribution in [0.15, 0.2) is 42.7 Å². The molecular formula is C13H11F3N2. The van der Waals surface area contributed by atoms with E-state index in [9.17, 15) is 13.2 Å². The minimum absolute atomic E-state index is 0.0571. The number of nitrogens with two attached hydrogens (primary N) is 1. The van der Waals surface area contributed by atoms with Gasteiger partial charge in [-0.3, -0.25) is 4.98 Å². The molecule has 2 nitrogen and oxygen atoms in total. The second kappa shape index (κ2) is 4.78. The summed E-state index contributed by atoms with van der Waals surface area (Å²) >= 11 is 0. The molecule has 0 radical (unpaired) electrons. The van der Waals surface area contributed by atoms with Crippen LogP contribution in [0.3, 0.4) is 0 Å². The molecule has 0 aliphatic heterocycles. The second-order valence-electron chi connectivity index (χ2n) is 3.81. The molecule has 0 bridgehead atoms. The van der Waals surface area contributed by atoms with Crippen LogP contribution in [0.1, 0.15) is 11.1 Å². The fraction of sp³-hybridized carbons (Fsp3) is 0.154. The number of alkyl halides is 3. The number of nitrogens with zero attached hydrogens (tertiary/aromatic N) is 1. The Labute approximate surface area is 102 Å². The maximum Gasteiger partial charge on any atom is 0.416 e. The highest BCUT2D eigenvalue weighted by molar-refractivity contribution is 5.67. The first-order valence-corrected chi connectivity index (χ1v) is 5.33.